The smallest absolute Gasteiger partial charge is 0.0118 e. The molecule has 0 heteroatoms. The standard InChI is InChI=1S/C31H62/c1-10-15-19-24-30(8,14-5)25-20-26-31(9,23-11-2)29(13-4)22-18-16-17-21-28(12-3)27(6)7/h11,23,27-29H,10,12-22,24-26H2,1-9H3. The first-order valence-corrected chi connectivity index (χ1v) is 14.4. The number of hydrogen-bond donors (Lipinski definition) is 0. The zero-order valence-electron chi connectivity index (χ0n) is 23.5. The summed E-state index contributed by atoms with van der Waals surface area (Å²) in [5, 5.41) is 0. The van der Waals surface area contributed by atoms with E-state index in [-0.39, 0.29) is 0 Å². The van der Waals surface area contributed by atoms with Gasteiger partial charge in [0.2, 0.25) is 0 Å². The summed E-state index contributed by atoms with van der Waals surface area (Å²) in [6.45, 7) is 21.7. The van der Waals surface area contributed by atoms with Crippen molar-refractivity contribution in [2.45, 2.75) is 159 Å². The minimum Gasteiger partial charge on any atom is -0.0911 e. The lowest BCUT2D eigenvalue weighted by molar-refractivity contribution is 0.178. The van der Waals surface area contributed by atoms with E-state index in [1.807, 2.05) is 0 Å². The average Bonchev–Trinajstić information content (AvgIpc) is 2.73. The Morgan fingerprint density at radius 3 is 1.87 bits per heavy atom. The number of allylic oxidation sites excluding steroid dienone is 2. The van der Waals surface area contributed by atoms with E-state index in [1.165, 1.54) is 96.3 Å². The van der Waals surface area contributed by atoms with Gasteiger partial charge in [0.15, 0.2) is 0 Å². The summed E-state index contributed by atoms with van der Waals surface area (Å²) in [4.78, 5) is 0. The molecule has 0 aromatic carbocycles. The molecule has 186 valence electrons. The number of unbranched alkanes of at least 4 members (excludes halogenated alkanes) is 4. The highest BCUT2D eigenvalue weighted by Gasteiger charge is 2.31. The summed E-state index contributed by atoms with van der Waals surface area (Å²) in [7, 11) is 0. The maximum Gasteiger partial charge on any atom is -0.0118 e. The molecule has 0 saturated carbocycles. The maximum absolute atomic E-state index is 2.56. The quantitative estimate of drug-likeness (QED) is 0.132. The van der Waals surface area contributed by atoms with Crippen molar-refractivity contribution in [3.63, 3.8) is 0 Å². The SMILES string of the molecule is CC=CC(C)(CCCC(C)(CC)CCCCC)C(CC)CCCCCC(CC)C(C)C. The fourth-order valence-electron chi connectivity index (χ4n) is 5.96. The highest BCUT2D eigenvalue weighted by Crippen LogP contribution is 2.42. The van der Waals surface area contributed by atoms with Crippen molar-refractivity contribution in [2.75, 3.05) is 0 Å². The van der Waals surface area contributed by atoms with Gasteiger partial charge in [0.1, 0.15) is 0 Å². The molecule has 0 aliphatic rings. The molecule has 0 nitrogen and oxygen atoms in total. The van der Waals surface area contributed by atoms with Crippen LogP contribution in [0.2, 0.25) is 0 Å². The van der Waals surface area contributed by atoms with Gasteiger partial charge >= 0.3 is 0 Å². The van der Waals surface area contributed by atoms with Crippen LogP contribution in [0, 0.1) is 28.6 Å². The molecule has 0 amide bonds. The van der Waals surface area contributed by atoms with E-state index < -0.39 is 0 Å². The molecule has 4 unspecified atom stereocenters. The Balaban J connectivity index is 4.68. The van der Waals surface area contributed by atoms with Crippen LogP contribution in [0.3, 0.4) is 0 Å². The monoisotopic (exact) mass is 434 g/mol. The van der Waals surface area contributed by atoms with Gasteiger partial charge in [0, 0.05) is 0 Å². The largest absolute Gasteiger partial charge is 0.0911 e. The second-order valence-corrected chi connectivity index (χ2v) is 11.6. The summed E-state index contributed by atoms with van der Waals surface area (Å²) in [5.74, 6) is 2.62. The van der Waals surface area contributed by atoms with E-state index in [4.69, 9.17) is 0 Å². The molecule has 0 rings (SSSR count). The van der Waals surface area contributed by atoms with Crippen molar-refractivity contribution in [2.24, 2.45) is 28.6 Å². The molecule has 0 aromatic rings. The van der Waals surface area contributed by atoms with Gasteiger partial charge in [-0.25, -0.2) is 0 Å². The van der Waals surface area contributed by atoms with Crippen LogP contribution in [-0.4, -0.2) is 0 Å². The second kappa shape index (κ2) is 17.2. The lowest BCUT2D eigenvalue weighted by Crippen LogP contribution is -2.26. The predicted molar refractivity (Wildman–Crippen MR) is 145 cm³/mol. The fraction of sp³-hybridized carbons (Fsp3) is 0.935. The van der Waals surface area contributed by atoms with Gasteiger partial charge in [-0.2, -0.15) is 0 Å². The molecule has 0 fully saturated rings. The summed E-state index contributed by atoms with van der Waals surface area (Å²) in [6.07, 6.45) is 25.8. The third-order valence-corrected chi connectivity index (χ3v) is 8.80. The normalized spacial score (nSPS) is 18.3. The molecule has 0 aliphatic heterocycles. The lowest BCUT2D eigenvalue weighted by atomic mass is 9.68. The first-order chi connectivity index (χ1) is 14.7. The Bertz CT molecular complexity index is 433. The lowest BCUT2D eigenvalue weighted by Gasteiger charge is -2.37. The predicted octanol–water partition coefficient (Wildman–Crippen LogP) is 11.4. The van der Waals surface area contributed by atoms with Crippen molar-refractivity contribution in [3.05, 3.63) is 12.2 Å². The van der Waals surface area contributed by atoms with E-state index in [9.17, 15) is 0 Å². The van der Waals surface area contributed by atoms with Crippen LogP contribution in [-0.2, 0) is 0 Å². The van der Waals surface area contributed by atoms with Crippen LogP contribution in [0.15, 0.2) is 12.2 Å². The van der Waals surface area contributed by atoms with Crippen LogP contribution in [0.1, 0.15) is 159 Å². The van der Waals surface area contributed by atoms with Gasteiger partial charge in [-0.05, 0) is 61.2 Å². The van der Waals surface area contributed by atoms with E-state index in [0.29, 0.717) is 10.8 Å². The highest BCUT2D eigenvalue weighted by molar-refractivity contribution is 4.99. The van der Waals surface area contributed by atoms with Crippen molar-refractivity contribution < 1.29 is 0 Å². The van der Waals surface area contributed by atoms with Gasteiger partial charge in [-0.1, -0.05) is 138 Å². The molecule has 0 radical (unpaired) electrons. The Morgan fingerprint density at radius 1 is 0.710 bits per heavy atom. The van der Waals surface area contributed by atoms with Crippen LogP contribution in [0.5, 0.6) is 0 Å². The van der Waals surface area contributed by atoms with Crippen molar-refractivity contribution in [3.8, 4) is 0 Å². The molecule has 0 spiro atoms. The molecule has 31 heavy (non-hydrogen) atoms. The Hall–Kier alpha value is -0.260. The first-order valence-electron chi connectivity index (χ1n) is 14.4. The third-order valence-electron chi connectivity index (χ3n) is 8.80. The molecule has 4 atom stereocenters. The van der Waals surface area contributed by atoms with Crippen LogP contribution >= 0.6 is 0 Å². The molecule has 0 aromatic heterocycles. The Morgan fingerprint density at radius 2 is 1.35 bits per heavy atom. The summed E-state index contributed by atoms with van der Waals surface area (Å²) in [6, 6.07) is 0. The Kier molecular flexibility index (Phi) is 17.1. The summed E-state index contributed by atoms with van der Waals surface area (Å²) >= 11 is 0. The van der Waals surface area contributed by atoms with Gasteiger partial charge in [0.25, 0.3) is 0 Å². The summed E-state index contributed by atoms with van der Waals surface area (Å²) < 4.78 is 0. The van der Waals surface area contributed by atoms with E-state index in [0.717, 1.165) is 17.8 Å². The highest BCUT2D eigenvalue weighted by atomic mass is 14.4. The van der Waals surface area contributed by atoms with Crippen molar-refractivity contribution >= 4 is 0 Å². The minimum atomic E-state index is 0.380. The van der Waals surface area contributed by atoms with E-state index >= 15 is 0 Å². The van der Waals surface area contributed by atoms with Crippen LogP contribution < -0.4 is 0 Å². The van der Waals surface area contributed by atoms with Crippen molar-refractivity contribution in [1.82, 2.24) is 0 Å². The van der Waals surface area contributed by atoms with E-state index in [2.05, 4.69) is 74.5 Å². The molecule has 0 heterocycles. The van der Waals surface area contributed by atoms with Crippen LogP contribution in [0.25, 0.3) is 0 Å². The van der Waals surface area contributed by atoms with Gasteiger partial charge < -0.3 is 0 Å². The number of rotatable bonds is 20. The minimum absolute atomic E-state index is 0.380. The van der Waals surface area contributed by atoms with Gasteiger partial charge in [0.05, 0.1) is 0 Å². The number of hydrogen-bond acceptors (Lipinski definition) is 0. The molecular formula is C31H62. The zero-order valence-corrected chi connectivity index (χ0v) is 23.5. The zero-order chi connectivity index (χ0) is 23.8. The second-order valence-electron chi connectivity index (χ2n) is 11.6. The van der Waals surface area contributed by atoms with Crippen LogP contribution in [0.4, 0.5) is 0 Å². The van der Waals surface area contributed by atoms with Crippen molar-refractivity contribution in [1.29, 1.82) is 0 Å². The average molecular weight is 435 g/mol. The molecule has 0 aliphatic carbocycles. The molecule has 0 N–H and O–H groups in total. The third kappa shape index (κ3) is 12.5. The first kappa shape index (κ1) is 30.7. The topological polar surface area (TPSA) is 0 Å². The van der Waals surface area contributed by atoms with Gasteiger partial charge in [-0.15, -0.1) is 0 Å². The molecule has 0 bridgehead atoms. The Labute approximate surface area is 199 Å². The van der Waals surface area contributed by atoms with E-state index in [1.54, 1.807) is 0 Å². The fourth-order valence-corrected chi connectivity index (χ4v) is 5.96. The molecular weight excluding hydrogens is 372 g/mol. The van der Waals surface area contributed by atoms with Gasteiger partial charge in [-0.3, -0.25) is 0 Å². The maximum atomic E-state index is 2.56. The molecule has 0 saturated heterocycles. The summed E-state index contributed by atoms with van der Waals surface area (Å²) in [5.41, 5.74) is 0.936.